The average Bonchev–Trinajstić information content (AvgIpc) is 2.71. The first-order chi connectivity index (χ1) is 13.2. The fraction of sp³-hybridized carbons (Fsp3) is 0.409. The quantitative estimate of drug-likeness (QED) is 0.344. The molecule has 3 rings (SSSR count). The highest BCUT2D eigenvalue weighted by Crippen LogP contribution is 2.14. The van der Waals surface area contributed by atoms with Crippen molar-refractivity contribution in [3.63, 3.8) is 0 Å². The number of aliphatic imine (C=N–C) groups is 1. The van der Waals surface area contributed by atoms with E-state index in [-0.39, 0.29) is 24.0 Å². The van der Waals surface area contributed by atoms with Crippen LogP contribution in [-0.4, -0.2) is 43.6 Å². The SMILES string of the molecule is CN=C(NCCc1ccc(Cl)cc1)NC1CCN(Cc2ccccc2)CC1.I. The molecule has 28 heavy (non-hydrogen) atoms. The molecule has 0 aliphatic carbocycles. The maximum atomic E-state index is 5.93. The number of nitrogens with one attached hydrogen (secondary N) is 2. The fourth-order valence-corrected chi connectivity index (χ4v) is 3.57. The molecule has 0 amide bonds. The second-order valence-corrected chi connectivity index (χ2v) is 7.49. The zero-order chi connectivity index (χ0) is 18.9. The van der Waals surface area contributed by atoms with Gasteiger partial charge in [-0.15, -0.1) is 24.0 Å². The van der Waals surface area contributed by atoms with Gasteiger partial charge in [0.1, 0.15) is 0 Å². The smallest absolute Gasteiger partial charge is 0.191 e. The minimum absolute atomic E-state index is 0. The summed E-state index contributed by atoms with van der Waals surface area (Å²) in [6.45, 7) is 4.14. The topological polar surface area (TPSA) is 39.7 Å². The summed E-state index contributed by atoms with van der Waals surface area (Å²) in [6.07, 6.45) is 3.24. The highest BCUT2D eigenvalue weighted by atomic mass is 127. The lowest BCUT2D eigenvalue weighted by molar-refractivity contribution is 0.198. The van der Waals surface area contributed by atoms with Gasteiger partial charge in [0, 0.05) is 44.3 Å². The molecule has 1 fully saturated rings. The summed E-state index contributed by atoms with van der Waals surface area (Å²) in [5.74, 6) is 0.894. The number of hydrogen-bond donors (Lipinski definition) is 2. The number of benzene rings is 2. The van der Waals surface area contributed by atoms with Crippen LogP contribution in [0.4, 0.5) is 0 Å². The molecule has 0 spiro atoms. The van der Waals surface area contributed by atoms with E-state index >= 15 is 0 Å². The molecule has 1 heterocycles. The van der Waals surface area contributed by atoms with Crippen molar-refractivity contribution in [1.29, 1.82) is 0 Å². The van der Waals surface area contributed by atoms with E-state index in [0.29, 0.717) is 6.04 Å². The molecular weight excluding hydrogens is 483 g/mol. The van der Waals surface area contributed by atoms with Gasteiger partial charge in [-0.3, -0.25) is 9.89 Å². The van der Waals surface area contributed by atoms with Crippen LogP contribution in [0.15, 0.2) is 59.6 Å². The molecule has 1 aliphatic rings. The minimum Gasteiger partial charge on any atom is -0.356 e. The Bertz CT molecular complexity index is 713. The second kappa shape index (κ2) is 12.3. The van der Waals surface area contributed by atoms with Crippen LogP contribution in [0.5, 0.6) is 0 Å². The van der Waals surface area contributed by atoms with Gasteiger partial charge >= 0.3 is 0 Å². The zero-order valence-electron chi connectivity index (χ0n) is 16.4. The Morgan fingerprint density at radius 2 is 1.71 bits per heavy atom. The molecule has 152 valence electrons. The summed E-state index contributed by atoms with van der Waals surface area (Å²) in [5, 5.41) is 7.78. The first-order valence-electron chi connectivity index (χ1n) is 9.71. The van der Waals surface area contributed by atoms with Crippen LogP contribution < -0.4 is 10.6 Å². The second-order valence-electron chi connectivity index (χ2n) is 7.06. The molecule has 0 unspecified atom stereocenters. The third-order valence-corrected chi connectivity index (χ3v) is 5.27. The van der Waals surface area contributed by atoms with Crippen LogP contribution in [0.1, 0.15) is 24.0 Å². The van der Waals surface area contributed by atoms with Crippen molar-refractivity contribution in [3.8, 4) is 0 Å². The molecule has 1 saturated heterocycles. The van der Waals surface area contributed by atoms with Crippen molar-refractivity contribution < 1.29 is 0 Å². The molecule has 2 aromatic rings. The molecule has 6 heteroatoms. The van der Waals surface area contributed by atoms with Crippen molar-refractivity contribution in [1.82, 2.24) is 15.5 Å². The lowest BCUT2D eigenvalue weighted by Crippen LogP contribution is -2.48. The number of rotatable bonds is 6. The van der Waals surface area contributed by atoms with E-state index in [1.54, 1.807) is 0 Å². The van der Waals surface area contributed by atoms with Gasteiger partial charge < -0.3 is 10.6 Å². The van der Waals surface area contributed by atoms with E-state index < -0.39 is 0 Å². The Kier molecular flexibility index (Phi) is 10.1. The van der Waals surface area contributed by atoms with Crippen LogP contribution >= 0.6 is 35.6 Å². The molecular formula is C22H30ClIN4. The van der Waals surface area contributed by atoms with E-state index in [9.17, 15) is 0 Å². The molecule has 2 aromatic carbocycles. The molecule has 0 atom stereocenters. The summed E-state index contributed by atoms with van der Waals surface area (Å²) < 4.78 is 0. The average molecular weight is 513 g/mol. The fourth-order valence-electron chi connectivity index (χ4n) is 3.44. The van der Waals surface area contributed by atoms with Gasteiger partial charge in [0.25, 0.3) is 0 Å². The van der Waals surface area contributed by atoms with Crippen LogP contribution in [0.3, 0.4) is 0 Å². The molecule has 1 aliphatic heterocycles. The third kappa shape index (κ3) is 7.60. The molecule has 0 aromatic heterocycles. The molecule has 0 saturated carbocycles. The molecule has 2 N–H and O–H groups in total. The molecule has 0 radical (unpaired) electrons. The predicted molar refractivity (Wildman–Crippen MR) is 130 cm³/mol. The summed E-state index contributed by atoms with van der Waals surface area (Å²) >= 11 is 5.93. The first kappa shape index (κ1) is 23.0. The van der Waals surface area contributed by atoms with Crippen LogP contribution in [-0.2, 0) is 13.0 Å². The Hall–Kier alpha value is -1.31. The number of guanidine groups is 1. The van der Waals surface area contributed by atoms with Crippen LogP contribution in [0.25, 0.3) is 0 Å². The Labute approximate surface area is 190 Å². The highest BCUT2D eigenvalue weighted by Gasteiger charge is 2.19. The number of hydrogen-bond acceptors (Lipinski definition) is 2. The van der Waals surface area contributed by atoms with Gasteiger partial charge in [0.15, 0.2) is 5.96 Å². The Morgan fingerprint density at radius 3 is 2.36 bits per heavy atom. The number of likely N-dealkylation sites (tertiary alicyclic amines) is 1. The van der Waals surface area contributed by atoms with Crippen LogP contribution in [0.2, 0.25) is 5.02 Å². The first-order valence-corrected chi connectivity index (χ1v) is 10.1. The van der Waals surface area contributed by atoms with E-state index in [1.165, 1.54) is 11.1 Å². The predicted octanol–water partition coefficient (Wildman–Crippen LogP) is 4.33. The van der Waals surface area contributed by atoms with E-state index in [1.807, 2.05) is 19.2 Å². The van der Waals surface area contributed by atoms with E-state index in [0.717, 1.165) is 56.4 Å². The van der Waals surface area contributed by atoms with Crippen LogP contribution in [0, 0.1) is 0 Å². The maximum Gasteiger partial charge on any atom is 0.191 e. The van der Waals surface area contributed by atoms with Crippen molar-refractivity contribution in [2.45, 2.75) is 31.8 Å². The highest BCUT2D eigenvalue weighted by molar-refractivity contribution is 14.0. The molecule has 0 bridgehead atoms. The number of halogens is 2. The number of piperidine rings is 1. The number of nitrogens with zero attached hydrogens (tertiary/aromatic N) is 2. The Morgan fingerprint density at radius 1 is 1.04 bits per heavy atom. The third-order valence-electron chi connectivity index (χ3n) is 5.02. The molecule has 4 nitrogen and oxygen atoms in total. The summed E-state index contributed by atoms with van der Waals surface area (Å²) in [4.78, 5) is 6.91. The van der Waals surface area contributed by atoms with Gasteiger partial charge in [-0.1, -0.05) is 54.1 Å². The largest absolute Gasteiger partial charge is 0.356 e. The van der Waals surface area contributed by atoms with Gasteiger partial charge in [0.05, 0.1) is 0 Å². The van der Waals surface area contributed by atoms with Crippen molar-refractivity contribution >= 4 is 41.5 Å². The summed E-state index contributed by atoms with van der Waals surface area (Å²) in [6, 6.07) is 19.2. The van der Waals surface area contributed by atoms with Gasteiger partial charge in [-0.2, -0.15) is 0 Å². The zero-order valence-corrected chi connectivity index (χ0v) is 19.5. The van der Waals surface area contributed by atoms with Crippen molar-refractivity contribution in [2.24, 2.45) is 4.99 Å². The van der Waals surface area contributed by atoms with Gasteiger partial charge in [-0.05, 0) is 42.5 Å². The van der Waals surface area contributed by atoms with E-state index in [4.69, 9.17) is 11.6 Å². The monoisotopic (exact) mass is 512 g/mol. The summed E-state index contributed by atoms with van der Waals surface area (Å²) in [7, 11) is 1.84. The minimum atomic E-state index is 0. The van der Waals surface area contributed by atoms with Crippen molar-refractivity contribution in [2.75, 3.05) is 26.7 Å². The van der Waals surface area contributed by atoms with Crippen molar-refractivity contribution in [3.05, 3.63) is 70.7 Å². The normalized spacial score (nSPS) is 15.7. The lowest BCUT2D eigenvalue weighted by atomic mass is 10.0. The van der Waals surface area contributed by atoms with Gasteiger partial charge in [-0.25, -0.2) is 0 Å². The Balaban J connectivity index is 0.00000280. The maximum absolute atomic E-state index is 5.93. The van der Waals surface area contributed by atoms with E-state index in [2.05, 4.69) is 63.0 Å². The standard InChI is InChI=1S/C22H29ClN4.HI/c1-24-22(25-14-11-18-7-9-20(23)10-8-18)26-21-12-15-27(16-13-21)17-19-5-3-2-4-6-19;/h2-10,21H,11-17H2,1H3,(H2,24,25,26);1H. The summed E-state index contributed by atoms with van der Waals surface area (Å²) in [5.41, 5.74) is 2.67. The lowest BCUT2D eigenvalue weighted by Gasteiger charge is -2.33. The van der Waals surface area contributed by atoms with Gasteiger partial charge in [0.2, 0.25) is 0 Å².